The maximum atomic E-state index is 13.5. The van der Waals surface area contributed by atoms with Crippen molar-refractivity contribution in [1.82, 2.24) is 5.32 Å². The van der Waals surface area contributed by atoms with Crippen LogP contribution in [0.4, 0.5) is 30.7 Å². The number of rotatable bonds is 13. The van der Waals surface area contributed by atoms with Gasteiger partial charge in [-0.1, -0.05) is 52.9 Å². The van der Waals surface area contributed by atoms with Crippen molar-refractivity contribution in [3.63, 3.8) is 0 Å². The van der Waals surface area contributed by atoms with E-state index in [1.54, 1.807) is 13.8 Å². The number of halogens is 7. The summed E-state index contributed by atoms with van der Waals surface area (Å²) >= 11 is 0. The van der Waals surface area contributed by atoms with Gasteiger partial charge in [-0.15, -0.1) is 0 Å². The molecule has 0 rings (SSSR count). The van der Waals surface area contributed by atoms with Crippen LogP contribution in [-0.2, 0) is 14.3 Å². The molecule has 0 bridgehead atoms. The van der Waals surface area contributed by atoms with Gasteiger partial charge in [-0.05, 0) is 18.8 Å². The summed E-state index contributed by atoms with van der Waals surface area (Å²) in [5.41, 5.74) is 0. The van der Waals surface area contributed by atoms with Crippen molar-refractivity contribution in [1.29, 1.82) is 0 Å². The van der Waals surface area contributed by atoms with E-state index in [4.69, 9.17) is 4.74 Å². The lowest BCUT2D eigenvalue weighted by molar-refractivity contribution is -0.344. The van der Waals surface area contributed by atoms with Gasteiger partial charge in [0, 0.05) is 0 Å². The zero-order chi connectivity index (χ0) is 22.9. The van der Waals surface area contributed by atoms with Crippen LogP contribution < -0.4 is 5.32 Å². The Bertz CT molecular complexity index is 522. The monoisotopic (exact) mass is 439 g/mol. The molecule has 11 heteroatoms. The SMILES string of the molecule is CCCCCCCCOC(=O)C(CC(C)C)NC(=O)C(F)(F)C(F)(F)C(F)(F)F. The third-order valence-corrected chi connectivity index (χ3v) is 4.07. The highest BCUT2D eigenvalue weighted by molar-refractivity contribution is 5.89. The van der Waals surface area contributed by atoms with Gasteiger partial charge in [-0.3, -0.25) is 4.79 Å². The second kappa shape index (κ2) is 11.6. The van der Waals surface area contributed by atoms with Crippen LogP contribution in [0.2, 0.25) is 0 Å². The summed E-state index contributed by atoms with van der Waals surface area (Å²) in [4.78, 5) is 23.5. The Morgan fingerprint density at radius 2 is 1.41 bits per heavy atom. The average molecular weight is 439 g/mol. The van der Waals surface area contributed by atoms with Gasteiger partial charge in [0.15, 0.2) is 0 Å². The molecule has 0 aliphatic rings. The van der Waals surface area contributed by atoms with Gasteiger partial charge in [0.05, 0.1) is 6.61 Å². The summed E-state index contributed by atoms with van der Waals surface area (Å²) in [7, 11) is 0. The van der Waals surface area contributed by atoms with Crippen molar-refractivity contribution in [2.75, 3.05) is 6.61 Å². The van der Waals surface area contributed by atoms with E-state index in [1.165, 1.54) is 5.32 Å². The molecule has 0 spiro atoms. The Morgan fingerprint density at radius 3 is 1.90 bits per heavy atom. The number of alkyl halides is 7. The minimum absolute atomic E-state index is 0.0788. The molecule has 1 atom stereocenters. The lowest BCUT2D eigenvalue weighted by Gasteiger charge is -2.28. The zero-order valence-corrected chi connectivity index (χ0v) is 16.7. The number of carbonyl (C=O) groups excluding carboxylic acids is 2. The van der Waals surface area contributed by atoms with E-state index < -0.39 is 35.9 Å². The van der Waals surface area contributed by atoms with E-state index >= 15 is 0 Å². The topological polar surface area (TPSA) is 55.4 Å². The number of amides is 1. The smallest absolute Gasteiger partial charge is 0.460 e. The molecule has 0 heterocycles. The van der Waals surface area contributed by atoms with Gasteiger partial charge in [-0.25, -0.2) is 4.79 Å². The fraction of sp³-hybridized carbons (Fsp3) is 0.889. The van der Waals surface area contributed by atoms with Crippen molar-refractivity contribution < 1.29 is 45.1 Å². The fourth-order valence-corrected chi connectivity index (χ4v) is 2.41. The second-order valence-corrected chi connectivity index (χ2v) is 7.24. The minimum atomic E-state index is -6.64. The summed E-state index contributed by atoms with van der Waals surface area (Å²) in [6.45, 7) is 5.05. The predicted octanol–water partition coefficient (Wildman–Crippen LogP) is 5.25. The Hall–Kier alpha value is -1.55. The van der Waals surface area contributed by atoms with Crippen molar-refractivity contribution in [2.45, 2.75) is 89.8 Å². The van der Waals surface area contributed by atoms with Crippen molar-refractivity contribution in [2.24, 2.45) is 5.92 Å². The molecule has 29 heavy (non-hydrogen) atoms. The number of carbonyl (C=O) groups is 2. The van der Waals surface area contributed by atoms with E-state index in [0.717, 1.165) is 32.1 Å². The first kappa shape index (κ1) is 27.5. The Labute approximate surface area is 165 Å². The molecule has 1 amide bonds. The summed E-state index contributed by atoms with van der Waals surface area (Å²) in [6, 6.07) is -1.77. The molecule has 4 nitrogen and oxygen atoms in total. The highest BCUT2D eigenvalue weighted by atomic mass is 19.4. The van der Waals surface area contributed by atoms with E-state index in [-0.39, 0.29) is 18.9 Å². The Balaban J connectivity index is 4.94. The molecular weight excluding hydrogens is 411 g/mol. The molecule has 0 fully saturated rings. The molecule has 0 aliphatic heterocycles. The molecule has 0 aromatic rings. The Kier molecular flexibility index (Phi) is 11.0. The first-order chi connectivity index (χ1) is 13.2. The maximum absolute atomic E-state index is 13.5. The molecule has 0 aromatic carbocycles. The maximum Gasteiger partial charge on any atom is 0.460 e. The van der Waals surface area contributed by atoms with Crippen LogP contribution in [0.3, 0.4) is 0 Å². The first-order valence-electron chi connectivity index (χ1n) is 9.48. The van der Waals surface area contributed by atoms with Crippen molar-refractivity contribution >= 4 is 11.9 Å². The number of esters is 1. The highest BCUT2D eigenvalue weighted by Gasteiger charge is 2.76. The Morgan fingerprint density at radius 1 is 0.897 bits per heavy atom. The molecule has 172 valence electrons. The van der Waals surface area contributed by atoms with Crippen LogP contribution in [-0.4, -0.2) is 42.5 Å². The van der Waals surface area contributed by atoms with Crippen LogP contribution in [0, 0.1) is 5.92 Å². The minimum Gasteiger partial charge on any atom is -0.464 e. The van der Waals surface area contributed by atoms with Crippen molar-refractivity contribution in [3.05, 3.63) is 0 Å². The van der Waals surface area contributed by atoms with Crippen molar-refractivity contribution in [3.8, 4) is 0 Å². The van der Waals surface area contributed by atoms with E-state index in [2.05, 4.69) is 0 Å². The van der Waals surface area contributed by atoms with Gasteiger partial charge < -0.3 is 10.1 Å². The second-order valence-electron chi connectivity index (χ2n) is 7.24. The quantitative estimate of drug-likeness (QED) is 0.242. The van der Waals surface area contributed by atoms with Gasteiger partial charge in [-0.2, -0.15) is 30.7 Å². The summed E-state index contributed by atoms with van der Waals surface area (Å²) in [6.07, 6.45) is -1.70. The number of nitrogens with one attached hydrogen (secondary N) is 1. The van der Waals surface area contributed by atoms with Gasteiger partial charge >= 0.3 is 24.0 Å². The zero-order valence-electron chi connectivity index (χ0n) is 16.7. The van der Waals surface area contributed by atoms with E-state index in [1.807, 2.05) is 6.92 Å². The van der Waals surface area contributed by atoms with Crippen LogP contribution in [0.5, 0.6) is 0 Å². The van der Waals surface area contributed by atoms with Gasteiger partial charge in [0.2, 0.25) is 0 Å². The lowest BCUT2D eigenvalue weighted by Crippen LogP contribution is -2.61. The predicted molar refractivity (Wildman–Crippen MR) is 91.7 cm³/mol. The number of hydrogen-bond donors (Lipinski definition) is 1. The number of hydrogen-bond acceptors (Lipinski definition) is 3. The van der Waals surface area contributed by atoms with E-state index in [9.17, 15) is 40.3 Å². The first-order valence-corrected chi connectivity index (χ1v) is 9.48. The largest absolute Gasteiger partial charge is 0.464 e. The third kappa shape index (κ3) is 8.38. The summed E-state index contributed by atoms with van der Waals surface area (Å²) in [5.74, 6) is -17.1. The molecule has 0 radical (unpaired) electrons. The molecular formula is C18H28F7NO3. The van der Waals surface area contributed by atoms with Crippen LogP contribution in [0.15, 0.2) is 0 Å². The van der Waals surface area contributed by atoms with Crippen LogP contribution >= 0.6 is 0 Å². The van der Waals surface area contributed by atoms with Gasteiger partial charge in [0.25, 0.3) is 5.91 Å². The molecule has 1 unspecified atom stereocenters. The molecule has 1 N–H and O–H groups in total. The highest BCUT2D eigenvalue weighted by Crippen LogP contribution is 2.46. The number of ether oxygens (including phenoxy) is 1. The molecule has 0 saturated carbocycles. The summed E-state index contributed by atoms with van der Waals surface area (Å²) in [5, 5.41) is 1.29. The molecule has 0 aromatic heterocycles. The van der Waals surface area contributed by atoms with Crippen LogP contribution in [0.25, 0.3) is 0 Å². The van der Waals surface area contributed by atoms with E-state index in [0.29, 0.717) is 6.42 Å². The van der Waals surface area contributed by atoms with Crippen LogP contribution in [0.1, 0.15) is 65.7 Å². The fourth-order valence-electron chi connectivity index (χ4n) is 2.41. The third-order valence-electron chi connectivity index (χ3n) is 4.07. The number of unbranched alkanes of at least 4 members (excludes halogenated alkanes) is 5. The summed E-state index contributed by atoms with van der Waals surface area (Å²) < 4.78 is 94.4. The molecule has 0 saturated heterocycles. The molecule has 0 aliphatic carbocycles. The normalized spacial score (nSPS) is 14.0. The average Bonchev–Trinajstić information content (AvgIpc) is 2.58. The lowest BCUT2D eigenvalue weighted by atomic mass is 10.0. The standard InChI is InChI=1S/C18H28F7NO3/c1-4-5-6-7-8-9-10-29-14(27)13(11-12(2)3)26-15(28)16(19,20)17(21,22)18(23,24)25/h12-13H,4-11H2,1-3H3,(H,26,28). The van der Waals surface area contributed by atoms with Gasteiger partial charge in [0.1, 0.15) is 6.04 Å².